The number of ether oxygens (including phenoxy) is 1. The van der Waals surface area contributed by atoms with Gasteiger partial charge >= 0.3 is 0 Å². The van der Waals surface area contributed by atoms with Gasteiger partial charge in [-0.15, -0.1) is 0 Å². The van der Waals surface area contributed by atoms with Crippen molar-refractivity contribution in [2.75, 3.05) is 44.7 Å². The van der Waals surface area contributed by atoms with Crippen LogP contribution >= 0.6 is 0 Å². The van der Waals surface area contributed by atoms with Crippen LogP contribution in [-0.4, -0.2) is 51.0 Å². The molecule has 110 valence electrons. The summed E-state index contributed by atoms with van der Waals surface area (Å²) in [6, 6.07) is 8.20. The summed E-state index contributed by atoms with van der Waals surface area (Å²) >= 11 is 0. The van der Waals surface area contributed by atoms with E-state index >= 15 is 0 Å². The molecule has 0 atom stereocenters. The first-order valence-corrected chi connectivity index (χ1v) is 7.12. The van der Waals surface area contributed by atoms with Crippen molar-refractivity contribution in [3.05, 3.63) is 24.3 Å². The SMILES string of the molecule is COc1ccc(N2CCN(CC(C)(C)C=O)CC2)cc1. The molecule has 4 nitrogen and oxygen atoms in total. The third-order valence-electron chi connectivity index (χ3n) is 3.76. The van der Waals surface area contributed by atoms with E-state index in [1.54, 1.807) is 7.11 Å². The van der Waals surface area contributed by atoms with Crippen LogP contribution in [0.2, 0.25) is 0 Å². The van der Waals surface area contributed by atoms with Gasteiger partial charge in [0.2, 0.25) is 0 Å². The van der Waals surface area contributed by atoms with Crippen LogP contribution in [0.5, 0.6) is 5.75 Å². The third kappa shape index (κ3) is 3.73. The van der Waals surface area contributed by atoms with Crippen LogP contribution in [0.15, 0.2) is 24.3 Å². The maximum absolute atomic E-state index is 11.0. The molecule has 1 aliphatic heterocycles. The van der Waals surface area contributed by atoms with Gasteiger partial charge in [0, 0.05) is 43.8 Å². The van der Waals surface area contributed by atoms with Gasteiger partial charge in [-0.3, -0.25) is 4.90 Å². The minimum atomic E-state index is -0.248. The van der Waals surface area contributed by atoms with E-state index in [0.717, 1.165) is 44.8 Å². The summed E-state index contributed by atoms with van der Waals surface area (Å²) in [5.74, 6) is 0.889. The minimum Gasteiger partial charge on any atom is -0.497 e. The first kappa shape index (κ1) is 14.9. The van der Waals surface area contributed by atoms with Crippen molar-refractivity contribution in [2.24, 2.45) is 5.41 Å². The van der Waals surface area contributed by atoms with Crippen molar-refractivity contribution in [1.82, 2.24) is 4.90 Å². The number of piperazine rings is 1. The van der Waals surface area contributed by atoms with Gasteiger partial charge in [0.15, 0.2) is 0 Å². The van der Waals surface area contributed by atoms with Gasteiger partial charge in [0.05, 0.1) is 7.11 Å². The Labute approximate surface area is 121 Å². The quantitative estimate of drug-likeness (QED) is 0.771. The van der Waals surface area contributed by atoms with Gasteiger partial charge in [-0.1, -0.05) is 13.8 Å². The lowest BCUT2D eigenvalue weighted by molar-refractivity contribution is -0.115. The number of aldehydes is 1. The molecule has 0 unspecified atom stereocenters. The molecule has 2 rings (SSSR count). The molecule has 1 aliphatic rings. The molecule has 0 amide bonds. The summed E-state index contributed by atoms with van der Waals surface area (Å²) < 4.78 is 5.18. The van der Waals surface area contributed by atoms with Crippen LogP contribution in [0, 0.1) is 5.41 Å². The molecule has 4 heteroatoms. The fourth-order valence-electron chi connectivity index (χ4n) is 2.57. The van der Waals surface area contributed by atoms with Crippen molar-refractivity contribution >= 4 is 12.0 Å². The number of anilines is 1. The molecule has 0 saturated carbocycles. The zero-order chi connectivity index (χ0) is 14.6. The fourth-order valence-corrected chi connectivity index (χ4v) is 2.57. The standard InChI is InChI=1S/C16H24N2O2/c1-16(2,13-19)12-17-8-10-18(11-9-17)14-4-6-15(20-3)7-5-14/h4-7,13H,8-12H2,1-3H3. The van der Waals surface area contributed by atoms with E-state index < -0.39 is 0 Å². The van der Waals surface area contributed by atoms with Gasteiger partial charge in [-0.25, -0.2) is 0 Å². The van der Waals surface area contributed by atoms with E-state index in [4.69, 9.17) is 4.74 Å². The summed E-state index contributed by atoms with van der Waals surface area (Å²) in [5, 5.41) is 0. The second-order valence-corrected chi connectivity index (χ2v) is 6.07. The number of nitrogens with zero attached hydrogens (tertiary/aromatic N) is 2. The number of rotatable bonds is 5. The zero-order valence-electron chi connectivity index (χ0n) is 12.6. The summed E-state index contributed by atoms with van der Waals surface area (Å²) in [4.78, 5) is 15.7. The Balaban J connectivity index is 1.88. The molecule has 1 aromatic carbocycles. The van der Waals surface area contributed by atoms with Gasteiger partial charge in [-0.2, -0.15) is 0 Å². The normalized spacial score (nSPS) is 17.1. The minimum absolute atomic E-state index is 0.248. The highest BCUT2D eigenvalue weighted by atomic mass is 16.5. The molecule has 0 bridgehead atoms. The molecule has 0 aliphatic carbocycles. The maximum Gasteiger partial charge on any atom is 0.126 e. The molecule has 0 radical (unpaired) electrons. The second kappa shape index (κ2) is 6.27. The average molecular weight is 276 g/mol. The molecule has 0 N–H and O–H groups in total. The van der Waals surface area contributed by atoms with Crippen molar-refractivity contribution < 1.29 is 9.53 Å². The van der Waals surface area contributed by atoms with Gasteiger partial charge < -0.3 is 14.4 Å². The molecular weight excluding hydrogens is 252 g/mol. The van der Waals surface area contributed by atoms with Crippen molar-refractivity contribution in [1.29, 1.82) is 0 Å². The molecule has 1 saturated heterocycles. The third-order valence-corrected chi connectivity index (χ3v) is 3.76. The largest absolute Gasteiger partial charge is 0.497 e. The molecule has 20 heavy (non-hydrogen) atoms. The van der Waals surface area contributed by atoms with Gasteiger partial charge in [0.1, 0.15) is 12.0 Å². The number of carbonyl (C=O) groups is 1. The summed E-state index contributed by atoms with van der Waals surface area (Å²) in [6.07, 6.45) is 1.06. The average Bonchev–Trinajstić information content (AvgIpc) is 2.48. The van der Waals surface area contributed by atoms with Crippen LogP contribution in [0.25, 0.3) is 0 Å². The zero-order valence-corrected chi connectivity index (χ0v) is 12.6. The highest BCUT2D eigenvalue weighted by Crippen LogP contribution is 2.21. The van der Waals surface area contributed by atoms with Crippen molar-refractivity contribution in [3.8, 4) is 5.75 Å². The Morgan fingerprint density at radius 2 is 1.75 bits per heavy atom. The molecule has 0 spiro atoms. The number of benzene rings is 1. The highest BCUT2D eigenvalue weighted by Gasteiger charge is 2.24. The van der Waals surface area contributed by atoms with Crippen LogP contribution in [0.1, 0.15) is 13.8 Å². The molecule has 1 fully saturated rings. The molecule has 1 heterocycles. The second-order valence-electron chi connectivity index (χ2n) is 6.07. The molecule has 0 aromatic heterocycles. The van der Waals surface area contributed by atoms with Gasteiger partial charge in [0.25, 0.3) is 0 Å². The number of hydrogen-bond donors (Lipinski definition) is 0. The summed E-state index contributed by atoms with van der Waals surface area (Å²) in [5.41, 5.74) is 0.988. The van der Waals surface area contributed by atoms with E-state index in [1.807, 2.05) is 26.0 Å². The van der Waals surface area contributed by atoms with Gasteiger partial charge in [-0.05, 0) is 24.3 Å². The van der Waals surface area contributed by atoms with E-state index in [0.29, 0.717) is 0 Å². The Hall–Kier alpha value is -1.55. The molecular formula is C16H24N2O2. The van der Waals surface area contributed by atoms with Crippen LogP contribution in [-0.2, 0) is 4.79 Å². The van der Waals surface area contributed by atoms with Crippen LogP contribution in [0.4, 0.5) is 5.69 Å². The Morgan fingerprint density at radius 1 is 1.15 bits per heavy atom. The van der Waals surface area contributed by atoms with Crippen LogP contribution in [0.3, 0.4) is 0 Å². The van der Waals surface area contributed by atoms with Crippen molar-refractivity contribution in [3.63, 3.8) is 0 Å². The predicted octanol–water partition coefficient (Wildman–Crippen LogP) is 2.04. The smallest absolute Gasteiger partial charge is 0.126 e. The molecule has 1 aromatic rings. The summed E-state index contributed by atoms with van der Waals surface area (Å²) in [6.45, 7) is 8.84. The number of hydrogen-bond acceptors (Lipinski definition) is 4. The Bertz CT molecular complexity index is 434. The fraction of sp³-hybridized carbons (Fsp3) is 0.562. The first-order valence-electron chi connectivity index (χ1n) is 7.12. The monoisotopic (exact) mass is 276 g/mol. The first-order chi connectivity index (χ1) is 9.54. The van der Waals surface area contributed by atoms with E-state index in [1.165, 1.54) is 5.69 Å². The lowest BCUT2D eigenvalue weighted by atomic mass is 9.95. The lowest BCUT2D eigenvalue weighted by Crippen LogP contribution is -2.49. The predicted molar refractivity (Wildman–Crippen MR) is 81.5 cm³/mol. The maximum atomic E-state index is 11.0. The lowest BCUT2D eigenvalue weighted by Gasteiger charge is -2.38. The Morgan fingerprint density at radius 3 is 2.25 bits per heavy atom. The van der Waals surface area contributed by atoms with E-state index in [2.05, 4.69) is 21.9 Å². The number of methoxy groups -OCH3 is 1. The van der Waals surface area contributed by atoms with Crippen LogP contribution < -0.4 is 9.64 Å². The summed E-state index contributed by atoms with van der Waals surface area (Å²) in [7, 11) is 1.68. The highest BCUT2D eigenvalue weighted by molar-refractivity contribution is 5.58. The van der Waals surface area contributed by atoms with Crippen molar-refractivity contribution in [2.45, 2.75) is 13.8 Å². The van der Waals surface area contributed by atoms with E-state index in [9.17, 15) is 4.79 Å². The van der Waals surface area contributed by atoms with E-state index in [-0.39, 0.29) is 5.41 Å². The Kier molecular flexibility index (Phi) is 4.65. The topological polar surface area (TPSA) is 32.8 Å². The number of carbonyl (C=O) groups excluding carboxylic acids is 1.